The molecule has 11 heteroatoms. The molecular formula is C9H11N3O7S. The maximum absolute atomic E-state index is 12.2. The van der Waals surface area contributed by atoms with Crippen molar-refractivity contribution in [3.8, 4) is 0 Å². The molecule has 2 atom stereocenters. The van der Waals surface area contributed by atoms with Crippen LogP contribution < -0.4 is 11.2 Å². The standard InChI is InChI=1S/C9H11N3O7S/c13-4-1-5(8(15)16)12(3-4)20(18,19)6-2-10-9(17)11-7(6)14/h2,4-5,13H,1,3H2,(H,15,16)(H2,10,11,14,17)/t4-,5-/m0/s1. The van der Waals surface area contributed by atoms with Crippen LogP contribution in [-0.4, -0.2) is 57.6 Å². The molecule has 2 rings (SSSR count). The average Bonchev–Trinajstić information content (AvgIpc) is 2.71. The van der Waals surface area contributed by atoms with Crippen molar-refractivity contribution in [1.82, 2.24) is 14.3 Å². The van der Waals surface area contributed by atoms with E-state index in [1.54, 1.807) is 4.98 Å². The molecule has 20 heavy (non-hydrogen) atoms. The number of nitrogens with one attached hydrogen (secondary N) is 2. The van der Waals surface area contributed by atoms with Gasteiger partial charge in [-0.05, 0) is 0 Å². The molecule has 0 radical (unpaired) electrons. The fourth-order valence-corrected chi connectivity index (χ4v) is 3.62. The lowest BCUT2D eigenvalue weighted by Crippen LogP contribution is -2.43. The number of carbonyl (C=O) groups is 1. The zero-order valence-corrected chi connectivity index (χ0v) is 10.8. The van der Waals surface area contributed by atoms with Gasteiger partial charge in [0.15, 0.2) is 4.90 Å². The van der Waals surface area contributed by atoms with Crippen molar-refractivity contribution in [3.05, 3.63) is 27.0 Å². The van der Waals surface area contributed by atoms with Gasteiger partial charge in [0.2, 0.25) is 0 Å². The van der Waals surface area contributed by atoms with Crippen molar-refractivity contribution in [2.24, 2.45) is 0 Å². The predicted molar refractivity (Wildman–Crippen MR) is 63.6 cm³/mol. The number of aliphatic carboxylic acids is 1. The molecule has 0 unspecified atom stereocenters. The summed E-state index contributed by atoms with van der Waals surface area (Å²) in [7, 11) is -4.43. The number of β-amino-alcohol motifs (C(OH)–C–C–N with tert-alkyl or cyclic N) is 1. The Balaban J connectivity index is 2.52. The smallest absolute Gasteiger partial charge is 0.325 e. The fraction of sp³-hybridized carbons (Fsp3) is 0.444. The number of H-pyrrole nitrogens is 2. The van der Waals surface area contributed by atoms with Crippen LogP contribution in [-0.2, 0) is 14.8 Å². The lowest BCUT2D eigenvalue weighted by molar-refractivity contribution is -0.140. The van der Waals surface area contributed by atoms with E-state index in [4.69, 9.17) is 5.11 Å². The molecule has 2 heterocycles. The van der Waals surface area contributed by atoms with Crippen molar-refractivity contribution in [2.45, 2.75) is 23.5 Å². The van der Waals surface area contributed by atoms with Crippen molar-refractivity contribution < 1.29 is 23.4 Å². The Morgan fingerprint density at radius 1 is 1.40 bits per heavy atom. The quantitative estimate of drug-likeness (QED) is 0.471. The molecular weight excluding hydrogens is 294 g/mol. The first-order chi connectivity index (χ1) is 9.23. The summed E-state index contributed by atoms with van der Waals surface area (Å²) in [5.41, 5.74) is -2.04. The molecule has 0 saturated carbocycles. The maximum atomic E-state index is 12.2. The summed E-state index contributed by atoms with van der Waals surface area (Å²) in [5, 5.41) is 18.4. The summed E-state index contributed by atoms with van der Waals surface area (Å²) >= 11 is 0. The van der Waals surface area contributed by atoms with Crippen LogP contribution in [0.3, 0.4) is 0 Å². The molecule has 1 aromatic heterocycles. The Morgan fingerprint density at radius 2 is 2.05 bits per heavy atom. The first-order valence-corrected chi connectivity index (χ1v) is 6.92. The minimum Gasteiger partial charge on any atom is -0.480 e. The van der Waals surface area contributed by atoms with Gasteiger partial charge in [-0.1, -0.05) is 0 Å². The zero-order valence-electron chi connectivity index (χ0n) is 9.94. The summed E-state index contributed by atoms with van der Waals surface area (Å²) in [6.45, 7) is -0.433. The summed E-state index contributed by atoms with van der Waals surface area (Å²) in [6.07, 6.45) is -0.705. The van der Waals surface area contributed by atoms with Crippen LogP contribution in [0.2, 0.25) is 0 Å². The average molecular weight is 305 g/mol. The predicted octanol–water partition coefficient (Wildman–Crippen LogP) is -2.73. The number of rotatable bonds is 3. The van der Waals surface area contributed by atoms with Crippen molar-refractivity contribution in [3.63, 3.8) is 0 Å². The molecule has 0 bridgehead atoms. The topological polar surface area (TPSA) is 161 Å². The second-order valence-corrected chi connectivity index (χ2v) is 6.11. The number of carboxylic acids is 1. The van der Waals surface area contributed by atoms with E-state index in [-0.39, 0.29) is 6.42 Å². The molecule has 0 spiro atoms. The highest BCUT2D eigenvalue weighted by molar-refractivity contribution is 7.89. The van der Waals surface area contributed by atoms with Crippen LogP contribution in [0.4, 0.5) is 0 Å². The van der Waals surface area contributed by atoms with Crippen molar-refractivity contribution in [2.75, 3.05) is 6.54 Å². The van der Waals surface area contributed by atoms with Gasteiger partial charge in [0.05, 0.1) is 6.10 Å². The third kappa shape index (κ3) is 2.37. The second kappa shape index (κ2) is 4.85. The van der Waals surface area contributed by atoms with Crippen LogP contribution in [0.1, 0.15) is 6.42 Å². The third-order valence-corrected chi connectivity index (χ3v) is 4.77. The van der Waals surface area contributed by atoms with Gasteiger partial charge >= 0.3 is 11.7 Å². The number of aliphatic hydroxyl groups excluding tert-OH is 1. The van der Waals surface area contributed by atoms with Gasteiger partial charge in [-0.2, -0.15) is 4.31 Å². The minimum absolute atomic E-state index is 0.268. The lowest BCUT2D eigenvalue weighted by Gasteiger charge is -2.19. The van der Waals surface area contributed by atoms with E-state index in [1.165, 1.54) is 0 Å². The number of aromatic amines is 2. The molecule has 1 aliphatic rings. The van der Waals surface area contributed by atoms with Gasteiger partial charge in [-0.3, -0.25) is 14.6 Å². The Morgan fingerprint density at radius 3 is 2.60 bits per heavy atom. The number of nitrogens with zero attached hydrogens (tertiary/aromatic N) is 1. The van der Waals surface area contributed by atoms with Crippen LogP contribution in [0.25, 0.3) is 0 Å². The number of sulfonamides is 1. The van der Waals surface area contributed by atoms with Crippen LogP contribution in [0.5, 0.6) is 0 Å². The van der Waals surface area contributed by atoms with Crippen LogP contribution >= 0.6 is 0 Å². The summed E-state index contributed by atoms with van der Waals surface area (Å²) in [5.74, 6) is -1.43. The molecule has 10 nitrogen and oxygen atoms in total. The molecule has 4 N–H and O–H groups in total. The van der Waals surface area contributed by atoms with E-state index < -0.39 is 50.8 Å². The first-order valence-electron chi connectivity index (χ1n) is 5.48. The molecule has 0 aromatic carbocycles. The molecule has 0 aliphatic carbocycles. The number of hydrogen-bond acceptors (Lipinski definition) is 6. The summed E-state index contributed by atoms with van der Waals surface area (Å²) in [4.78, 5) is 36.3. The van der Waals surface area contributed by atoms with Gasteiger partial charge in [0.1, 0.15) is 6.04 Å². The molecule has 1 saturated heterocycles. The zero-order chi connectivity index (χ0) is 15.1. The Bertz CT molecular complexity index is 749. The van der Waals surface area contributed by atoms with Crippen molar-refractivity contribution >= 4 is 16.0 Å². The van der Waals surface area contributed by atoms with E-state index >= 15 is 0 Å². The SMILES string of the molecule is O=C(O)[C@@H]1C[C@H](O)CN1S(=O)(=O)c1c[nH]c(=O)[nH]c1=O. The highest BCUT2D eigenvalue weighted by Crippen LogP contribution is 2.24. The van der Waals surface area contributed by atoms with Gasteiger partial charge in [-0.25, -0.2) is 13.2 Å². The number of aliphatic hydroxyl groups is 1. The summed E-state index contributed by atoms with van der Waals surface area (Å²) < 4.78 is 25.0. The van der Waals surface area contributed by atoms with Crippen LogP contribution in [0, 0.1) is 0 Å². The number of aromatic nitrogens is 2. The minimum atomic E-state index is -4.43. The normalized spacial score (nSPS) is 23.9. The van der Waals surface area contributed by atoms with Crippen LogP contribution in [0.15, 0.2) is 20.7 Å². The van der Waals surface area contributed by atoms with Gasteiger partial charge in [0.25, 0.3) is 15.6 Å². The Kier molecular flexibility index (Phi) is 3.50. The number of hydrogen-bond donors (Lipinski definition) is 4. The molecule has 1 fully saturated rings. The largest absolute Gasteiger partial charge is 0.480 e. The maximum Gasteiger partial charge on any atom is 0.325 e. The van der Waals surface area contributed by atoms with E-state index in [1.807, 2.05) is 4.98 Å². The van der Waals surface area contributed by atoms with E-state index in [0.29, 0.717) is 10.5 Å². The molecule has 110 valence electrons. The second-order valence-electron chi connectivity index (χ2n) is 4.25. The highest BCUT2D eigenvalue weighted by Gasteiger charge is 2.44. The van der Waals surface area contributed by atoms with Gasteiger partial charge in [-0.15, -0.1) is 0 Å². The molecule has 1 aromatic rings. The summed E-state index contributed by atoms with van der Waals surface area (Å²) in [6, 6.07) is -1.46. The third-order valence-electron chi connectivity index (χ3n) is 2.89. The molecule has 1 aliphatic heterocycles. The van der Waals surface area contributed by atoms with Gasteiger partial charge < -0.3 is 15.2 Å². The first kappa shape index (κ1) is 14.4. The number of carboxylic acid groups (broad SMARTS) is 1. The fourth-order valence-electron chi connectivity index (χ4n) is 1.99. The van der Waals surface area contributed by atoms with E-state index in [9.17, 15) is 27.9 Å². The highest BCUT2D eigenvalue weighted by atomic mass is 32.2. The van der Waals surface area contributed by atoms with Gasteiger partial charge in [0, 0.05) is 19.2 Å². The Hall–Kier alpha value is -1.98. The van der Waals surface area contributed by atoms with E-state index in [2.05, 4.69) is 0 Å². The molecule has 0 amide bonds. The Labute approximate surface area is 111 Å². The lowest BCUT2D eigenvalue weighted by atomic mass is 10.2. The van der Waals surface area contributed by atoms with E-state index in [0.717, 1.165) is 0 Å². The monoisotopic (exact) mass is 305 g/mol. The van der Waals surface area contributed by atoms with Crippen molar-refractivity contribution in [1.29, 1.82) is 0 Å².